The smallest absolute Gasteiger partial charge is 0.107 e. The van der Waals surface area contributed by atoms with Crippen molar-refractivity contribution in [2.45, 2.75) is 71.8 Å². The van der Waals surface area contributed by atoms with E-state index >= 15 is 0 Å². The van der Waals surface area contributed by atoms with Gasteiger partial charge < -0.3 is 0 Å². The van der Waals surface area contributed by atoms with Crippen molar-refractivity contribution in [1.29, 1.82) is 0 Å². The fourth-order valence-electron chi connectivity index (χ4n) is 4.10. The van der Waals surface area contributed by atoms with Gasteiger partial charge in [-0.2, -0.15) is 4.91 Å². The van der Waals surface area contributed by atoms with Crippen LogP contribution in [-0.2, 0) is 17.4 Å². The van der Waals surface area contributed by atoms with Gasteiger partial charge in [0.05, 0.1) is 0 Å². The maximum atomic E-state index is 10.7. The maximum absolute atomic E-state index is 10.7. The molecule has 0 saturated carbocycles. The van der Waals surface area contributed by atoms with Gasteiger partial charge in [0.2, 0.25) is 0 Å². The molecular formula is C17H25NO. The summed E-state index contributed by atoms with van der Waals surface area (Å²) in [5.74, 6) is 0. The van der Waals surface area contributed by atoms with Gasteiger partial charge in [0.1, 0.15) is 6.54 Å². The molecule has 0 amide bonds. The third kappa shape index (κ3) is 2.01. The average molecular weight is 259 g/mol. The van der Waals surface area contributed by atoms with Crippen molar-refractivity contribution in [3.63, 3.8) is 0 Å². The summed E-state index contributed by atoms with van der Waals surface area (Å²) in [5, 5.41) is 3.11. The Balaban J connectivity index is 2.76. The summed E-state index contributed by atoms with van der Waals surface area (Å²) in [7, 11) is 0. The van der Waals surface area contributed by atoms with E-state index in [9.17, 15) is 4.91 Å². The van der Waals surface area contributed by atoms with E-state index in [4.69, 9.17) is 0 Å². The van der Waals surface area contributed by atoms with Crippen LogP contribution in [0.25, 0.3) is 0 Å². The van der Waals surface area contributed by atoms with Crippen molar-refractivity contribution in [3.8, 4) is 0 Å². The number of aryl methyl sites for hydroxylation is 1. The molecule has 2 rings (SSSR count). The molecule has 0 spiro atoms. The molecule has 19 heavy (non-hydrogen) atoms. The van der Waals surface area contributed by atoms with Gasteiger partial charge in [-0.25, -0.2) is 0 Å². The Bertz CT molecular complexity index is 531. The van der Waals surface area contributed by atoms with Crippen LogP contribution in [0, 0.1) is 18.8 Å². The molecule has 1 aliphatic carbocycles. The summed E-state index contributed by atoms with van der Waals surface area (Å²) in [5.41, 5.74) is 7.04. The van der Waals surface area contributed by atoms with Gasteiger partial charge in [-0.3, -0.25) is 0 Å². The first-order chi connectivity index (χ1) is 8.77. The summed E-state index contributed by atoms with van der Waals surface area (Å²) >= 11 is 0. The van der Waals surface area contributed by atoms with Gasteiger partial charge in [-0.15, -0.1) is 0 Å². The Morgan fingerprint density at radius 3 is 2.42 bits per heavy atom. The molecule has 1 atom stereocenters. The largest absolute Gasteiger partial charge is 0.150 e. The van der Waals surface area contributed by atoms with E-state index in [0.717, 1.165) is 12.0 Å². The number of nitroso groups, excluding NO2 is 1. The number of benzene rings is 1. The van der Waals surface area contributed by atoms with Gasteiger partial charge in [-0.05, 0) is 65.3 Å². The third-order valence-corrected chi connectivity index (χ3v) is 5.10. The summed E-state index contributed by atoms with van der Waals surface area (Å²) in [6.07, 6.45) is 2.32. The van der Waals surface area contributed by atoms with Crippen molar-refractivity contribution in [3.05, 3.63) is 38.8 Å². The van der Waals surface area contributed by atoms with Crippen LogP contribution in [-0.4, -0.2) is 0 Å². The molecule has 2 heteroatoms. The highest BCUT2D eigenvalue weighted by molar-refractivity contribution is 5.54. The van der Waals surface area contributed by atoms with Crippen LogP contribution >= 0.6 is 0 Å². The number of hydrogen-bond acceptors (Lipinski definition) is 2. The number of hydrogen-bond donors (Lipinski definition) is 0. The van der Waals surface area contributed by atoms with Gasteiger partial charge in [-0.1, -0.05) is 38.9 Å². The lowest BCUT2D eigenvalue weighted by Crippen LogP contribution is -2.21. The van der Waals surface area contributed by atoms with Crippen molar-refractivity contribution < 1.29 is 0 Å². The van der Waals surface area contributed by atoms with Crippen molar-refractivity contribution in [2.75, 3.05) is 0 Å². The summed E-state index contributed by atoms with van der Waals surface area (Å²) in [4.78, 5) is 10.7. The molecule has 0 radical (unpaired) electrons. The lowest BCUT2D eigenvalue weighted by atomic mass is 9.77. The molecule has 2 nitrogen and oxygen atoms in total. The molecule has 0 aromatic heterocycles. The SMILES string of the molecule is CCC1(C)CC(C)(C)c2cc(C)c(CN=O)c(C)c21. The summed E-state index contributed by atoms with van der Waals surface area (Å²) in [6, 6.07) is 2.30. The number of nitrogens with zero attached hydrogens (tertiary/aromatic N) is 1. The zero-order chi connectivity index (χ0) is 14.4. The highest BCUT2D eigenvalue weighted by atomic mass is 16.3. The van der Waals surface area contributed by atoms with Crippen LogP contribution in [0.3, 0.4) is 0 Å². The van der Waals surface area contributed by atoms with Crippen molar-refractivity contribution >= 4 is 0 Å². The lowest BCUT2D eigenvalue weighted by molar-refractivity contribution is 0.366. The van der Waals surface area contributed by atoms with Gasteiger partial charge in [0, 0.05) is 0 Å². The summed E-state index contributed by atoms with van der Waals surface area (Å²) < 4.78 is 0. The molecule has 0 saturated heterocycles. The molecule has 1 aliphatic rings. The van der Waals surface area contributed by atoms with E-state index in [1.54, 1.807) is 0 Å². The second-order valence-electron chi connectivity index (χ2n) is 6.98. The topological polar surface area (TPSA) is 29.4 Å². The van der Waals surface area contributed by atoms with Crippen LogP contribution in [0.1, 0.15) is 68.4 Å². The minimum atomic E-state index is 0.225. The van der Waals surface area contributed by atoms with Gasteiger partial charge in [0.15, 0.2) is 0 Å². The van der Waals surface area contributed by atoms with Gasteiger partial charge in [0.25, 0.3) is 0 Å². The molecule has 0 bridgehead atoms. The normalized spacial score (nSPS) is 24.3. The summed E-state index contributed by atoms with van der Waals surface area (Å²) in [6.45, 7) is 13.9. The van der Waals surface area contributed by atoms with Crippen molar-refractivity contribution in [1.82, 2.24) is 0 Å². The molecule has 1 unspecified atom stereocenters. The molecule has 0 fully saturated rings. The first-order valence-corrected chi connectivity index (χ1v) is 7.20. The number of rotatable bonds is 3. The fourth-order valence-corrected chi connectivity index (χ4v) is 4.10. The first kappa shape index (κ1) is 14.2. The Morgan fingerprint density at radius 2 is 1.89 bits per heavy atom. The zero-order valence-electron chi connectivity index (χ0n) is 13.1. The second-order valence-corrected chi connectivity index (χ2v) is 6.98. The molecule has 0 heterocycles. The zero-order valence-corrected chi connectivity index (χ0v) is 13.1. The van der Waals surface area contributed by atoms with Crippen LogP contribution < -0.4 is 0 Å². The van der Waals surface area contributed by atoms with Gasteiger partial charge >= 0.3 is 0 Å². The minimum Gasteiger partial charge on any atom is -0.150 e. The van der Waals surface area contributed by atoms with E-state index < -0.39 is 0 Å². The molecule has 0 N–H and O–H groups in total. The van der Waals surface area contributed by atoms with Crippen LogP contribution in [0.15, 0.2) is 11.2 Å². The maximum Gasteiger partial charge on any atom is 0.107 e. The van der Waals surface area contributed by atoms with Crippen LogP contribution in [0.5, 0.6) is 0 Å². The Hall–Kier alpha value is -1.18. The first-order valence-electron chi connectivity index (χ1n) is 7.20. The van der Waals surface area contributed by atoms with Crippen molar-refractivity contribution in [2.24, 2.45) is 5.18 Å². The quantitative estimate of drug-likeness (QED) is 0.708. The predicted octanol–water partition coefficient (Wildman–Crippen LogP) is 4.92. The van der Waals surface area contributed by atoms with Crippen LogP contribution in [0.2, 0.25) is 0 Å². The fraction of sp³-hybridized carbons (Fsp3) is 0.647. The molecule has 1 aromatic carbocycles. The number of fused-ring (bicyclic) bond motifs is 1. The Kier molecular flexibility index (Phi) is 3.32. The molecule has 104 valence electrons. The van der Waals surface area contributed by atoms with E-state index in [-0.39, 0.29) is 10.8 Å². The molecular weight excluding hydrogens is 234 g/mol. The molecule has 1 aromatic rings. The molecule has 0 aliphatic heterocycles. The predicted molar refractivity (Wildman–Crippen MR) is 80.7 cm³/mol. The third-order valence-electron chi connectivity index (χ3n) is 5.10. The van der Waals surface area contributed by atoms with E-state index in [0.29, 0.717) is 6.54 Å². The monoisotopic (exact) mass is 259 g/mol. The highest BCUT2D eigenvalue weighted by Crippen LogP contribution is 2.53. The highest BCUT2D eigenvalue weighted by Gasteiger charge is 2.45. The Morgan fingerprint density at radius 1 is 1.26 bits per heavy atom. The lowest BCUT2D eigenvalue weighted by Gasteiger charge is -2.27. The van der Waals surface area contributed by atoms with Crippen LogP contribution in [0.4, 0.5) is 0 Å². The average Bonchev–Trinajstić information content (AvgIpc) is 2.52. The Labute approximate surface area is 116 Å². The standard InChI is InChI=1S/C17H25NO/c1-7-17(6)10-16(4,5)14-8-11(2)13(9-18-19)12(3)15(14)17/h8H,7,9-10H2,1-6H3. The minimum absolute atomic E-state index is 0.225. The van der Waals surface area contributed by atoms with E-state index in [1.807, 2.05) is 0 Å². The van der Waals surface area contributed by atoms with E-state index in [2.05, 4.69) is 52.8 Å². The van der Waals surface area contributed by atoms with E-state index in [1.165, 1.54) is 28.7 Å². The second kappa shape index (κ2) is 4.43.